The van der Waals surface area contributed by atoms with Crippen LogP contribution in [0.1, 0.15) is 24.3 Å². The van der Waals surface area contributed by atoms with Crippen LogP contribution >= 0.6 is 0 Å². The number of alkyl halides is 2. The van der Waals surface area contributed by atoms with E-state index in [1.807, 2.05) is 18.2 Å². The Morgan fingerprint density at radius 3 is 2.73 bits per heavy atom. The van der Waals surface area contributed by atoms with Crippen LogP contribution < -0.4 is 10.6 Å². The van der Waals surface area contributed by atoms with Crippen LogP contribution in [0.3, 0.4) is 0 Å². The molecule has 0 bridgehead atoms. The lowest BCUT2D eigenvalue weighted by molar-refractivity contribution is 0.109. The molecule has 4 nitrogen and oxygen atoms in total. The van der Waals surface area contributed by atoms with Gasteiger partial charge in [0, 0.05) is 24.4 Å². The van der Waals surface area contributed by atoms with E-state index in [0.29, 0.717) is 25.5 Å². The van der Waals surface area contributed by atoms with Gasteiger partial charge in [-0.25, -0.2) is 13.6 Å². The van der Waals surface area contributed by atoms with E-state index in [-0.39, 0.29) is 18.2 Å². The number of urea groups is 1. The van der Waals surface area contributed by atoms with Crippen molar-refractivity contribution in [2.75, 3.05) is 13.2 Å². The Bertz CT molecular complexity index is 512. The van der Waals surface area contributed by atoms with Crippen LogP contribution in [0.2, 0.25) is 0 Å². The summed E-state index contributed by atoms with van der Waals surface area (Å²) in [6.45, 7) is 1.05. The molecule has 2 amide bonds. The maximum atomic E-state index is 12.4. The second kappa shape index (κ2) is 6.60. The van der Waals surface area contributed by atoms with Crippen molar-refractivity contribution in [3.05, 3.63) is 35.9 Å². The van der Waals surface area contributed by atoms with Gasteiger partial charge in [0.1, 0.15) is 0 Å². The summed E-state index contributed by atoms with van der Waals surface area (Å²) in [7, 11) is 0. The van der Waals surface area contributed by atoms with E-state index >= 15 is 0 Å². The molecule has 1 saturated heterocycles. The highest BCUT2D eigenvalue weighted by atomic mass is 19.3. The first-order chi connectivity index (χ1) is 10.6. The number of halogens is 2. The van der Waals surface area contributed by atoms with Gasteiger partial charge in [-0.1, -0.05) is 30.3 Å². The van der Waals surface area contributed by atoms with E-state index in [4.69, 9.17) is 4.74 Å². The van der Waals surface area contributed by atoms with Crippen molar-refractivity contribution >= 4 is 6.03 Å². The van der Waals surface area contributed by atoms with Gasteiger partial charge in [-0.3, -0.25) is 0 Å². The zero-order valence-corrected chi connectivity index (χ0v) is 12.2. The van der Waals surface area contributed by atoms with Crippen LogP contribution in [-0.4, -0.2) is 37.8 Å². The number of carbonyl (C=O) groups excluding carboxylic acids is 1. The molecular weight excluding hydrogens is 290 g/mol. The van der Waals surface area contributed by atoms with Crippen molar-refractivity contribution < 1.29 is 18.3 Å². The van der Waals surface area contributed by atoms with Crippen LogP contribution in [-0.2, 0) is 4.74 Å². The Labute approximate surface area is 128 Å². The number of hydrogen-bond donors (Lipinski definition) is 2. The van der Waals surface area contributed by atoms with Crippen molar-refractivity contribution in [1.82, 2.24) is 10.6 Å². The van der Waals surface area contributed by atoms with E-state index in [1.54, 1.807) is 0 Å². The summed E-state index contributed by atoms with van der Waals surface area (Å²) in [5, 5.41) is 5.27. The van der Waals surface area contributed by atoms with Crippen LogP contribution in [0, 0.1) is 5.92 Å². The molecule has 1 saturated carbocycles. The van der Waals surface area contributed by atoms with E-state index in [1.165, 1.54) is 5.56 Å². The number of rotatable bonds is 5. The van der Waals surface area contributed by atoms with Gasteiger partial charge in [0.2, 0.25) is 6.43 Å². The molecule has 3 rings (SSSR count). The SMILES string of the molecule is O=C(NC[C@@H]1C[C@H](c2ccccc2)CO1)N[C@H]1C[C@H]1C(F)F. The summed E-state index contributed by atoms with van der Waals surface area (Å²) < 4.78 is 30.4. The van der Waals surface area contributed by atoms with Crippen LogP contribution in [0.5, 0.6) is 0 Å². The molecular formula is C16H20F2N2O2. The van der Waals surface area contributed by atoms with Crippen molar-refractivity contribution in [2.45, 2.75) is 37.3 Å². The minimum absolute atomic E-state index is 0.0268. The monoisotopic (exact) mass is 310 g/mol. The maximum absolute atomic E-state index is 12.4. The van der Waals surface area contributed by atoms with E-state index in [9.17, 15) is 13.6 Å². The van der Waals surface area contributed by atoms with Gasteiger partial charge >= 0.3 is 6.03 Å². The summed E-state index contributed by atoms with van der Waals surface area (Å²) in [5.41, 5.74) is 1.24. The lowest BCUT2D eigenvalue weighted by atomic mass is 9.96. The van der Waals surface area contributed by atoms with Crippen LogP contribution in [0.25, 0.3) is 0 Å². The summed E-state index contributed by atoms with van der Waals surface area (Å²) >= 11 is 0. The number of hydrogen-bond acceptors (Lipinski definition) is 2. The van der Waals surface area contributed by atoms with Gasteiger partial charge in [-0.2, -0.15) is 0 Å². The summed E-state index contributed by atoms with van der Waals surface area (Å²) in [5.74, 6) is -0.335. The number of carbonyl (C=O) groups is 1. The molecule has 22 heavy (non-hydrogen) atoms. The van der Waals surface area contributed by atoms with Crippen molar-refractivity contribution in [3.63, 3.8) is 0 Å². The summed E-state index contributed by atoms with van der Waals surface area (Å²) in [6, 6.07) is 9.36. The third-order valence-corrected chi connectivity index (χ3v) is 4.32. The molecule has 0 radical (unpaired) electrons. The highest BCUT2D eigenvalue weighted by Crippen LogP contribution is 2.35. The molecule has 2 fully saturated rings. The van der Waals surface area contributed by atoms with Crippen molar-refractivity contribution in [3.8, 4) is 0 Å². The first-order valence-electron chi connectivity index (χ1n) is 7.62. The number of benzene rings is 1. The summed E-state index contributed by atoms with van der Waals surface area (Å²) in [6.07, 6.45) is -1.16. The number of ether oxygens (including phenoxy) is 1. The Hall–Kier alpha value is -1.69. The molecule has 4 atom stereocenters. The number of nitrogens with one attached hydrogen (secondary N) is 2. The lowest BCUT2D eigenvalue weighted by Crippen LogP contribution is -2.41. The largest absolute Gasteiger partial charge is 0.376 e. The van der Waals surface area contributed by atoms with Gasteiger partial charge in [0.25, 0.3) is 0 Å². The fourth-order valence-electron chi connectivity index (χ4n) is 2.89. The van der Waals surface area contributed by atoms with Gasteiger partial charge in [0.05, 0.1) is 12.7 Å². The minimum Gasteiger partial charge on any atom is -0.376 e. The predicted octanol–water partition coefficient (Wildman–Crippen LogP) is 2.51. The zero-order chi connectivity index (χ0) is 15.5. The molecule has 0 spiro atoms. The quantitative estimate of drug-likeness (QED) is 0.878. The van der Waals surface area contributed by atoms with Crippen molar-refractivity contribution in [1.29, 1.82) is 0 Å². The third-order valence-electron chi connectivity index (χ3n) is 4.32. The fourth-order valence-corrected chi connectivity index (χ4v) is 2.89. The zero-order valence-electron chi connectivity index (χ0n) is 12.2. The van der Waals surface area contributed by atoms with Gasteiger partial charge < -0.3 is 15.4 Å². The Morgan fingerprint density at radius 2 is 2.05 bits per heavy atom. The second-order valence-electron chi connectivity index (χ2n) is 5.99. The van der Waals surface area contributed by atoms with Gasteiger partial charge in [-0.15, -0.1) is 0 Å². The van der Waals surface area contributed by atoms with E-state index < -0.39 is 12.3 Å². The maximum Gasteiger partial charge on any atom is 0.315 e. The topological polar surface area (TPSA) is 50.4 Å². The summed E-state index contributed by atoms with van der Waals surface area (Å²) in [4.78, 5) is 11.6. The molecule has 1 aliphatic heterocycles. The third kappa shape index (κ3) is 3.74. The molecule has 1 aromatic carbocycles. The molecule has 2 N–H and O–H groups in total. The molecule has 6 heteroatoms. The first kappa shape index (κ1) is 15.2. The Balaban J connectivity index is 1.37. The predicted molar refractivity (Wildman–Crippen MR) is 78.0 cm³/mol. The fraction of sp³-hybridized carbons (Fsp3) is 0.562. The molecule has 1 heterocycles. The molecule has 1 aromatic rings. The van der Waals surface area contributed by atoms with Crippen LogP contribution in [0.15, 0.2) is 30.3 Å². The molecule has 1 aliphatic carbocycles. The Kier molecular flexibility index (Phi) is 4.57. The average molecular weight is 310 g/mol. The van der Waals surface area contributed by atoms with Crippen molar-refractivity contribution in [2.24, 2.45) is 5.92 Å². The molecule has 0 unspecified atom stereocenters. The average Bonchev–Trinajstić information content (AvgIpc) is 3.12. The van der Waals surface area contributed by atoms with E-state index in [2.05, 4.69) is 22.8 Å². The minimum atomic E-state index is -2.35. The molecule has 120 valence electrons. The second-order valence-corrected chi connectivity index (χ2v) is 5.99. The van der Waals surface area contributed by atoms with Gasteiger partial charge in [-0.05, 0) is 18.4 Å². The number of amides is 2. The highest BCUT2D eigenvalue weighted by Gasteiger charge is 2.45. The lowest BCUT2D eigenvalue weighted by Gasteiger charge is -2.12. The van der Waals surface area contributed by atoms with E-state index in [0.717, 1.165) is 6.42 Å². The highest BCUT2D eigenvalue weighted by molar-refractivity contribution is 5.74. The van der Waals surface area contributed by atoms with Gasteiger partial charge in [0.15, 0.2) is 0 Å². The Morgan fingerprint density at radius 1 is 1.27 bits per heavy atom. The normalized spacial score (nSPS) is 30.3. The molecule has 2 aliphatic rings. The first-order valence-corrected chi connectivity index (χ1v) is 7.62. The standard InChI is InChI=1S/C16H20F2N2O2/c17-15(18)13-7-14(13)20-16(21)19-8-12-6-11(9-22-12)10-4-2-1-3-5-10/h1-5,11-15H,6-9H2,(H2,19,20,21)/t11-,12-,13+,14-/m0/s1. The molecule has 0 aromatic heterocycles. The smallest absolute Gasteiger partial charge is 0.315 e. The van der Waals surface area contributed by atoms with Crippen LogP contribution in [0.4, 0.5) is 13.6 Å².